The van der Waals surface area contributed by atoms with Crippen LogP contribution in [0.1, 0.15) is 36.2 Å². The first kappa shape index (κ1) is 17.4. The average Bonchev–Trinajstić information content (AvgIpc) is 3.17. The Morgan fingerprint density at radius 3 is 2.85 bits per heavy atom. The molecule has 4 rings (SSSR count). The van der Waals surface area contributed by atoms with Crippen molar-refractivity contribution in [2.75, 3.05) is 39.3 Å². The molecule has 0 spiro atoms. The van der Waals surface area contributed by atoms with Crippen LogP contribution < -0.4 is 0 Å². The molecule has 2 fully saturated rings. The van der Waals surface area contributed by atoms with Crippen LogP contribution in [0.2, 0.25) is 0 Å². The van der Waals surface area contributed by atoms with Gasteiger partial charge in [-0.2, -0.15) is 0 Å². The molecule has 1 aromatic carbocycles. The molecule has 0 bridgehead atoms. The zero-order valence-electron chi connectivity index (χ0n) is 15.3. The second-order valence-corrected chi connectivity index (χ2v) is 7.32. The van der Waals surface area contributed by atoms with Gasteiger partial charge in [0.1, 0.15) is 5.69 Å². The molecule has 26 heavy (non-hydrogen) atoms. The number of aromatic nitrogens is 1. The predicted octanol–water partition coefficient (Wildman–Crippen LogP) is 2.95. The average molecular weight is 353 g/mol. The van der Waals surface area contributed by atoms with Crippen LogP contribution in [-0.4, -0.2) is 66.1 Å². The molecular weight excluding hydrogens is 326 g/mol. The molecule has 2 aliphatic heterocycles. The van der Waals surface area contributed by atoms with Gasteiger partial charge >= 0.3 is 0 Å². The number of hydrogen-bond acceptors (Lipinski definition) is 4. The summed E-state index contributed by atoms with van der Waals surface area (Å²) in [6, 6.07) is 9.88. The summed E-state index contributed by atoms with van der Waals surface area (Å²) in [6.45, 7) is 5.59. The molecule has 1 aromatic heterocycles. The van der Waals surface area contributed by atoms with E-state index < -0.39 is 0 Å². The first-order chi connectivity index (χ1) is 12.8. The van der Waals surface area contributed by atoms with E-state index >= 15 is 0 Å². The van der Waals surface area contributed by atoms with Gasteiger partial charge in [0.15, 0.2) is 0 Å². The first-order valence-corrected chi connectivity index (χ1v) is 9.78. The zero-order chi connectivity index (χ0) is 17.8. The molecule has 0 saturated carbocycles. The minimum atomic E-state index is 0.0175. The van der Waals surface area contributed by atoms with E-state index in [0.717, 1.165) is 36.9 Å². The Labute approximate surface area is 154 Å². The highest BCUT2D eigenvalue weighted by molar-refractivity contribution is 6.05. The number of hydrogen-bond donors (Lipinski definition) is 0. The fourth-order valence-corrected chi connectivity index (χ4v) is 4.02. The summed E-state index contributed by atoms with van der Waals surface area (Å²) in [7, 11) is 0. The lowest BCUT2D eigenvalue weighted by Gasteiger charge is -2.26. The van der Waals surface area contributed by atoms with Gasteiger partial charge in [-0.15, -0.1) is 0 Å². The van der Waals surface area contributed by atoms with Gasteiger partial charge in [-0.3, -0.25) is 9.78 Å². The number of carbonyl (C=O) groups excluding carboxylic acids is 1. The number of pyridine rings is 1. The van der Waals surface area contributed by atoms with Crippen molar-refractivity contribution in [1.29, 1.82) is 0 Å². The SMILES string of the molecule is O=C(c1nccc2ccccc12)N1CCC(OCCN2CCCCC2)C1. The van der Waals surface area contributed by atoms with Crippen molar-refractivity contribution in [3.05, 3.63) is 42.2 Å². The molecule has 1 atom stereocenters. The Balaban J connectivity index is 1.32. The summed E-state index contributed by atoms with van der Waals surface area (Å²) in [5.74, 6) is 0.0175. The topological polar surface area (TPSA) is 45.7 Å². The molecule has 3 heterocycles. The van der Waals surface area contributed by atoms with E-state index in [4.69, 9.17) is 4.74 Å². The number of nitrogens with zero attached hydrogens (tertiary/aromatic N) is 3. The van der Waals surface area contributed by atoms with Crippen molar-refractivity contribution < 1.29 is 9.53 Å². The highest BCUT2D eigenvalue weighted by Gasteiger charge is 2.29. The highest BCUT2D eigenvalue weighted by Crippen LogP contribution is 2.21. The number of likely N-dealkylation sites (tertiary alicyclic amines) is 2. The molecule has 0 N–H and O–H groups in total. The maximum atomic E-state index is 12.9. The third-order valence-electron chi connectivity index (χ3n) is 5.52. The summed E-state index contributed by atoms with van der Waals surface area (Å²) in [6.07, 6.45) is 6.76. The zero-order valence-corrected chi connectivity index (χ0v) is 15.3. The lowest BCUT2D eigenvalue weighted by molar-refractivity contribution is 0.0379. The molecule has 2 aliphatic rings. The number of ether oxygens (including phenoxy) is 1. The third-order valence-corrected chi connectivity index (χ3v) is 5.52. The van der Waals surface area contributed by atoms with E-state index in [1.54, 1.807) is 6.20 Å². The Morgan fingerprint density at radius 2 is 1.96 bits per heavy atom. The summed E-state index contributed by atoms with van der Waals surface area (Å²) < 4.78 is 6.05. The molecule has 138 valence electrons. The van der Waals surface area contributed by atoms with Crippen LogP contribution in [0.3, 0.4) is 0 Å². The van der Waals surface area contributed by atoms with Gasteiger partial charge in [0, 0.05) is 31.2 Å². The number of rotatable bonds is 5. The molecule has 2 aromatic rings. The molecule has 5 nitrogen and oxygen atoms in total. The van der Waals surface area contributed by atoms with Crippen LogP contribution in [0.4, 0.5) is 0 Å². The van der Waals surface area contributed by atoms with Crippen LogP contribution in [0, 0.1) is 0 Å². The highest BCUT2D eigenvalue weighted by atomic mass is 16.5. The number of carbonyl (C=O) groups is 1. The second kappa shape index (κ2) is 8.14. The van der Waals surface area contributed by atoms with Gasteiger partial charge < -0.3 is 14.5 Å². The maximum absolute atomic E-state index is 12.9. The van der Waals surface area contributed by atoms with Crippen molar-refractivity contribution in [2.24, 2.45) is 0 Å². The minimum Gasteiger partial charge on any atom is -0.375 e. The quantitative estimate of drug-likeness (QED) is 0.829. The van der Waals surface area contributed by atoms with Gasteiger partial charge in [0.25, 0.3) is 5.91 Å². The van der Waals surface area contributed by atoms with E-state index in [1.165, 1.54) is 32.4 Å². The van der Waals surface area contributed by atoms with Gasteiger partial charge in [0.05, 0.1) is 12.7 Å². The third kappa shape index (κ3) is 3.89. The van der Waals surface area contributed by atoms with Gasteiger partial charge in [0.2, 0.25) is 0 Å². The Morgan fingerprint density at radius 1 is 1.12 bits per heavy atom. The number of fused-ring (bicyclic) bond motifs is 1. The van der Waals surface area contributed by atoms with Gasteiger partial charge in [-0.25, -0.2) is 0 Å². The molecule has 0 aliphatic carbocycles. The predicted molar refractivity (Wildman–Crippen MR) is 102 cm³/mol. The minimum absolute atomic E-state index is 0.0175. The monoisotopic (exact) mass is 353 g/mol. The molecule has 1 amide bonds. The normalized spacial score (nSPS) is 21.4. The molecule has 0 radical (unpaired) electrons. The van der Waals surface area contributed by atoms with Crippen molar-refractivity contribution >= 4 is 16.7 Å². The smallest absolute Gasteiger partial charge is 0.273 e. The van der Waals surface area contributed by atoms with Gasteiger partial charge in [-0.05, 0) is 43.8 Å². The first-order valence-electron chi connectivity index (χ1n) is 9.78. The van der Waals surface area contributed by atoms with E-state index in [2.05, 4.69) is 9.88 Å². The molecule has 5 heteroatoms. The largest absolute Gasteiger partial charge is 0.375 e. The Kier molecular flexibility index (Phi) is 5.46. The summed E-state index contributed by atoms with van der Waals surface area (Å²) >= 11 is 0. The van der Waals surface area contributed by atoms with E-state index in [-0.39, 0.29) is 12.0 Å². The van der Waals surface area contributed by atoms with Crippen LogP contribution in [0.5, 0.6) is 0 Å². The lowest BCUT2D eigenvalue weighted by atomic mass is 10.1. The van der Waals surface area contributed by atoms with Crippen LogP contribution in [0.25, 0.3) is 10.8 Å². The second-order valence-electron chi connectivity index (χ2n) is 7.32. The number of benzene rings is 1. The van der Waals surface area contributed by atoms with Crippen molar-refractivity contribution in [3.63, 3.8) is 0 Å². The fourth-order valence-electron chi connectivity index (χ4n) is 4.02. The van der Waals surface area contributed by atoms with E-state index in [0.29, 0.717) is 12.2 Å². The van der Waals surface area contributed by atoms with Crippen LogP contribution in [-0.2, 0) is 4.74 Å². The standard InChI is InChI=1S/C21H27N3O2/c25-21(20-19-7-3-2-6-17(19)8-10-22-20)24-13-9-18(16-24)26-15-14-23-11-4-1-5-12-23/h2-3,6-8,10,18H,1,4-5,9,11-16H2. The molecular formula is C21H27N3O2. The van der Waals surface area contributed by atoms with Crippen molar-refractivity contribution in [2.45, 2.75) is 31.8 Å². The lowest BCUT2D eigenvalue weighted by Crippen LogP contribution is -2.34. The summed E-state index contributed by atoms with van der Waals surface area (Å²) in [5.41, 5.74) is 0.553. The van der Waals surface area contributed by atoms with E-state index in [1.807, 2.05) is 35.2 Å². The molecule has 1 unspecified atom stereocenters. The summed E-state index contributed by atoms with van der Waals surface area (Å²) in [5, 5.41) is 1.98. The Hall–Kier alpha value is -1.98. The Bertz CT molecular complexity index is 753. The fraction of sp³-hybridized carbons (Fsp3) is 0.524. The van der Waals surface area contributed by atoms with E-state index in [9.17, 15) is 4.79 Å². The van der Waals surface area contributed by atoms with Gasteiger partial charge in [-0.1, -0.05) is 30.7 Å². The summed E-state index contributed by atoms with van der Waals surface area (Å²) in [4.78, 5) is 21.7. The number of amides is 1. The maximum Gasteiger partial charge on any atom is 0.273 e. The number of piperidine rings is 1. The van der Waals surface area contributed by atoms with Crippen LogP contribution in [0.15, 0.2) is 36.5 Å². The van der Waals surface area contributed by atoms with Crippen molar-refractivity contribution in [1.82, 2.24) is 14.8 Å². The van der Waals surface area contributed by atoms with Crippen LogP contribution >= 0.6 is 0 Å². The van der Waals surface area contributed by atoms with Crippen molar-refractivity contribution in [3.8, 4) is 0 Å². The molecule has 2 saturated heterocycles.